The lowest BCUT2D eigenvalue weighted by atomic mass is 10.1. The summed E-state index contributed by atoms with van der Waals surface area (Å²) in [5.41, 5.74) is 1.69. The first kappa shape index (κ1) is 16.1. The number of rotatable bonds is 5. The Bertz CT molecular complexity index is 943. The molecule has 2 aliphatic heterocycles. The zero-order chi connectivity index (χ0) is 18.2. The smallest absolute Gasteiger partial charge is 0.230 e. The first-order valence-corrected chi connectivity index (χ1v) is 8.88. The van der Waals surface area contributed by atoms with Gasteiger partial charge in [0.05, 0.1) is 25.9 Å². The van der Waals surface area contributed by atoms with E-state index in [0.717, 1.165) is 36.6 Å². The van der Waals surface area contributed by atoms with Crippen molar-refractivity contribution in [3.05, 3.63) is 42.6 Å². The molecule has 1 N–H and O–H groups in total. The lowest BCUT2D eigenvalue weighted by molar-refractivity contribution is 0.0986. The summed E-state index contributed by atoms with van der Waals surface area (Å²) in [5.74, 6) is 2.71. The molecule has 5 rings (SSSR count). The first-order chi connectivity index (χ1) is 13.3. The monoisotopic (exact) mass is 365 g/mol. The van der Waals surface area contributed by atoms with Gasteiger partial charge in [0.2, 0.25) is 11.8 Å². The Kier molecular flexibility index (Phi) is 3.90. The molecule has 138 valence electrons. The van der Waals surface area contributed by atoms with Crippen molar-refractivity contribution in [2.24, 2.45) is 0 Å². The van der Waals surface area contributed by atoms with Crippen LogP contribution in [0.2, 0.25) is 0 Å². The van der Waals surface area contributed by atoms with Crippen molar-refractivity contribution in [2.75, 3.05) is 30.5 Å². The number of fused-ring (bicyclic) bond motifs is 2. The first-order valence-electron chi connectivity index (χ1n) is 8.88. The van der Waals surface area contributed by atoms with Crippen LogP contribution in [-0.4, -0.2) is 47.5 Å². The van der Waals surface area contributed by atoms with Crippen molar-refractivity contribution in [3.63, 3.8) is 0 Å². The quantitative estimate of drug-likeness (QED) is 0.739. The lowest BCUT2D eigenvalue weighted by Crippen LogP contribution is -2.38. The molecule has 0 spiro atoms. The summed E-state index contributed by atoms with van der Waals surface area (Å²) in [5, 5.41) is 7.28. The predicted octanol–water partition coefficient (Wildman–Crippen LogP) is 2.86. The molecule has 0 radical (unpaired) electrons. The summed E-state index contributed by atoms with van der Waals surface area (Å²) in [4.78, 5) is 11.2. The van der Waals surface area contributed by atoms with E-state index < -0.39 is 0 Å². The van der Waals surface area contributed by atoms with Crippen LogP contribution in [0.5, 0.6) is 5.75 Å². The highest BCUT2D eigenvalue weighted by Gasteiger charge is 2.40. The molecule has 2 aromatic heterocycles. The van der Waals surface area contributed by atoms with Gasteiger partial charge in [-0.25, -0.2) is 4.98 Å². The minimum absolute atomic E-state index is 0.302. The van der Waals surface area contributed by atoms with Crippen LogP contribution in [0.3, 0.4) is 0 Å². The number of morpholine rings is 1. The van der Waals surface area contributed by atoms with Crippen LogP contribution >= 0.6 is 0 Å². The average Bonchev–Trinajstić information content (AvgIpc) is 3.45. The number of aromatic nitrogens is 3. The van der Waals surface area contributed by atoms with Crippen LogP contribution in [0.15, 0.2) is 47.1 Å². The summed E-state index contributed by atoms with van der Waals surface area (Å²) in [6, 6.07) is 11.7. The highest BCUT2D eigenvalue weighted by atomic mass is 16.5. The van der Waals surface area contributed by atoms with Crippen LogP contribution in [0.25, 0.3) is 11.3 Å². The van der Waals surface area contributed by atoms with Crippen LogP contribution < -0.4 is 15.0 Å². The number of hydrogen-bond donors (Lipinski definition) is 1. The second-order valence-electron chi connectivity index (χ2n) is 6.67. The largest absolute Gasteiger partial charge is 0.497 e. The van der Waals surface area contributed by atoms with Crippen molar-refractivity contribution in [1.29, 1.82) is 0 Å². The molecule has 2 bridgehead atoms. The van der Waals surface area contributed by atoms with Crippen LogP contribution in [0.4, 0.5) is 17.7 Å². The molecule has 2 atom stereocenters. The van der Waals surface area contributed by atoms with Gasteiger partial charge < -0.3 is 24.2 Å². The van der Waals surface area contributed by atoms with Crippen LogP contribution in [0, 0.1) is 0 Å². The molecule has 2 fully saturated rings. The number of nitrogens with zero attached hydrogens (tertiary/aromatic N) is 4. The van der Waals surface area contributed by atoms with E-state index in [1.54, 1.807) is 13.3 Å². The fourth-order valence-electron chi connectivity index (χ4n) is 3.56. The number of benzene rings is 1. The van der Waals surface area contributed by atoms with E-state index in [1.807, 2.05) is 36.4 Å². The summed E-state index contributed by atoms with van der Waals surface area (Å²) in [7, 11) is 1.64. The maximum absolute atomic E-state index is 5.64. The Morgan fingerprint density at radius 1 is 1.22 bits per heavy atom. The van der Waals surface area contributed by atoms with Gasteiger partial charge in [0, 0.05) is 24.4 Å². The molecule has 3 aromatic rings. The molecule has 0 unspecified atom stereocenters. The molecule has 0 amide bonds. The van der Waals surface area contributed by atoms with E-state index in [1.165, 1.54) is 0 Å². The number of anilines is 3. The predicted molar refractivity (Wildman–Crippen MR) is 99.3 cm³/mol. The van der Waals surface area contributed by atoms with Crippen molar-refractivity contribution >= 4 is 17.7 Å². The Balaban J connectivity index is 1.32. The molecule has 27 heavy (non-hydrogen) atoms. The summed E-state index contributed by atoms with van der Waals surface area (Å²) < 4.78 is 16.2. The van der Waals surface area contributed by atoms with Gasteiger partial charge in [-0.1, -0.05) is 5.16 Å². The fraction of sp³-hybridized carbons (Fsp3) is 0.316. The molecule has 8 nitrogen and oxygen atoms in total. The number of hydrogen-bond acceptors (Lipinski definition) is 8. The van der Waals surface area contributed by atoms with Gasteiger partial charge in [-0.2, -0.15) is 4.98 Å². The molecule has 0 aliphatic carbocycles. The van der Waals surface area contributed by atoms with E-state index >= 15 is 0 Å². The van der Waals surface area contributed by atoms with E-state index in [9.17, 15) is 0 Å². The second-order valence-corrected chi connectivity index (χ2v) is 6.67. The molecule has 2 saturated heterocycles. The molecule has 8 heteroatoms. The molecule has 0 saturated carbocycles. The minimum Gasteiger partial charge on any atom is -0.497 e. The van der Waals surface area contributed by atoms with Gasteiger partial charge in [0.25, 0.3) is 0 Å². The highest BCUT2D eigenvalue weighted by molar-refractivity contribution is 5.64. The Hall–Kier alpha value is -3.13. The SMILES string of the molecule is COc1ccc(-c2cc(Nc3ccnc(N4C[C@H]5C[C@@H]4CO5)n3)on2)cc1. The third-order valence-electron chi connectivity index (χ3n) is 4.95. The van der Waals surface area contributed by atoms with Gasteiger partial charge in [0.15, 0.2) is 0 Å². The van der Waals surface area contributed by atoms with Gasteiger partial charge in [-0.15, -0.1) is 0 Å². The Labute approximate surface area is 156 Å². The standard InChI is InChI=1S/C19H19N5O3/c1-25-14-4-2-12(3-5-14)16-9-18(27-23-16)21-17-6-7-20-19(22-17)24-10-15-8-13(24)11-26-15/h2-7,9,13,15H,8,10-11H2,1H3,(H,20,21,22)/t13-,15-/m1/s1. The third kappa shape index (κ3) is 3.08. The summed E-state index contributed by atoms with van der Waals surface area (Å²) in [6.07, 6.45) is 3.10. The average molecular weight is 365 g/mol. The van der Waals surface area contributed by atoms with Crippen molar-refractivity contribution in [1.82, 2.24) is 15.1 Å². The number of methoxy groups -OCH3 is 1. The third-order valence-corrected chi connectivity index (χ3v) is 4.95. The Morgan fingerprint density at radius 3 is 2.85 bits per heavy atom. The van der Waals surface area contributed by atoms with Gasteiger partial charge in [-0.05, 0) is 36.8 Å². The number of ether oxygens (including phenoxy) is 2. The minimum atomic E-state index is 0.302. The lowest BCUT2D eigenvalue weighted by Gasteiger charge is -2.26. The van der Waals surface area contributed by atoms with E-state index in [-0.39, 0.29) is 0 Å². The van der Waals surface area contributed by atoms with Crippen molar-refractivity contribution in [2.45, 2.75) is 18.6 Å². The van der Waals surface area contributed by atoms with E-state index in [2.05, 4.69) is 25.3 Å². The maximum atomic E-state index is 5.64. The van der Waals surface area contributed by atoms with Crippen molar-refractivity contribution < 1.29 is 14.0 Å². The molecule has 2 aliphatic rings. The molecular formula is C19H19N5O3. The number of nitrogens with one attached hydrogen (secondary N) is 1. The molecular weight excluding hydrogens is 346 g/mol. The highest BCUT2D eigenvalue weighted by Crippen LogP contribution is 2.31. The van der Waals surface area contributed by atoms with E-state index in [4.69, 9.17) is 14.0 Å². The van der Waals surface area contributed by atoms with Crippen LogP contribution in [-0.2, 0) is 4.74 Å². The maximum Gasteiger partial charge on any atom is 0.230 e. The summed E-state index contributed by atoms with van der Waals surface area (Å²) in [6.45, 7) is 1.59. The second kappa shape index (κ2) is 6.55. The topological polar surface area (TPSA) is 85.5 Å². The van der Waals surface area contributed by atoms with Gasteiger partial charge >= 0.3 is 0 Å². The van der Waals surface area contributed by atoms with Gasteiger partial charge in [0.1, 0.15) is 17.3 Å². The normalized spacial score (nSPS) is 20.9. The van der Waals surface area contributed by atoms with Crippen LogP contribution in [0.1, 0.15) is 6.42 Å². The van der Waals surface area contributed by atoms with Crippen molar-refractivity contribution in [3.8, 4) is 17.0 Å². The Morgan fingerprint density at radius 2 is 2.11 bits per heavy atom. The van der Waals surface area contributed by atoms with Gasteiger partial charge in [-0.3, -0.25) is 0 Å². The summed E-state index contributed by atoms with van der Waals surface area (Å²) >= 11 is 0. The molecule has 4 heterocycles. The molecule has 1 aromatic carbocycles. The zero-order valence-electron chi connectivity index (χ0n) is 14.8. The fourth-order valence-corrected chi connectivity index (χ4v) is 3.56. The van der Waals surface area contributed by atoms with E-state index in [0.29, 0.717) is 29.8 Å². The zero-order valence-corrected chi connectivity index (χ0v) is 14.8.